The maximum Gasteiger partial charge on any atom is 0.0658 e. The van der Waals surface area contributed by atoms with E-state index in [0.717, 1.165) is 19.5 Å². The molecule has 1 aliphatic carbocycles. The van der Waals surface area contributed by atoms with Crippen LogP contribution in [0.1, 0.15) is 33.1 Å². The van der Waals surface area contributed by atoms with Crippen molar-refractivity contribution in [3.8, 4) is 0 Å². The first-order chi connectivity index (χ1) is 6.77. The van der Waals surface area contributed by atoms with E-state index in [1.165, 1.54) is 25.1 Å². The zero-order chi connectivity index (χ0) is 10.4. The Morgan fingerprint density at radius 2 is 2.00 bits per heavy atom. The van der Waals surface area contributed by atoms with E-state index in [1.807, 2.05) is 11.8 Å². The fourth-order valence-electron chi connectivity index (χ4n) is 1.97. The van der Waals surface area contributed by atoms with Gasteiger partial charge in [0, 0.05) is 17.5 Å². The molecule has 0 aromatic heterocycles. The minimum atomic E-state index is -0.0308. The van der Waals surface area contributed by atoms with Crippen LogP contribution in [0.25, 0.3) is 0 Å². The third kappa shape index (κ3) is 3.79. The van der Waals surface area contributed by atoms with Crippen LogP contribution >= 0.6 is 11.8 Å². The molecule has 0 radical (unpaired) electrons. The van der Waals surface area contributed by atoms with E-state index in [0.29, 0.717) is 5.25 Å². The van der Waals surface area contributed by atoms with Gasteiger partial charge in [0.2, 0.25) is 0 Å². The first kappa shape index (κ1) is 12.3. The lowest BCUT2D eigenvalue weighted by Gasteiger charge is -2.19. The first-order valence-corrected chi connectivity index (χ1v) is 6.84. The predicted octanol–water partition coefficient (Wildman–Crippen LogP) is 1.97. The average molecular weight is 217 g/mol. The fraction of sp³-hybridized carbons (Fsp3) is 1.00. The molecule has 14 heavy (non-hydrogen) atoms. The summed E-state index contributed by atoms with van der Waals surface area (Å²) in [5.74, 6) is 1.17. The largest absolute Gasteiger partial charge is 0.392 e. The summed E-state index contributed by atoms with van der Waals surface area (Å²) in [6, 6.07) is 0. The molecule has 1 fully saturated rings. The van der Waals surface area contributed by atoms with Crippen LogP contribution in [0.5, 0.6) is 0 Å². The Morgan fingerprint density at radius 3 is 2.50 bits per heavy atom. The van der Waals surface area contributed by atoms with Crippen molar-refractivity contribution >= 4 is 11.8 Å². The maximum atomic E-state index is 9.63. The molecule has 0 aromatic carbocycles. The van der Waals surface area contributed by atoms with E-state index in [4.69, 9.17) is 0 Å². The van der Waals surface area contributed by atoms with Gasteiger partial charge in [-0.05, 0) is 32.4 Å². The molecule has 0 spiro atoms. The van der Waals surface area contributed by atoms with Gasteiger partial charge >= 0.3 is 0 Å². The molecule has 0 aliphatic heterocycles. The summed E-state index contributed by atoms with van der Waals surface area (Å²) in [5, 5.41) is 10.2. The zero-order valence-electron chi connectivity index (χ0n) is 9.41. The summed E-state index contributed by atoms with van der Waals surface area (Å²) in [4.78, 5) is 2.44. The van der Waals surface area contributed by atoms with Crippen molar-refractivity contribution in [2.45, 2.75) is 44.5 Å². The van der Waals surface area contributed by atoms with E-state index >= 15 is 0 Å². The Balaban J connectivity index is 2.08. The molecule has 1 N–H and O–H groups in total. The summed E-state index contributed by atoms with van der Waals surface area (Å²) in [6.07, 6.45) is 3.41. The van der Waals surface area contributed by atoms with Crippen molar-refractivity contribution < 1.29 is 5.11 Å². The minimum absolute atomic E-state index is 0.0308. The van der Waals surface area contributed by atoms with Crippen LogP contribution in [0.15, 0.2) is 0 Å². The fourth-order valence-corrected chi connectivity index (χ4v) is 3.33. The Bertz CT molecular complexity index is 150. The quantitative estimate of drug-likeness (QED) is 0.736. The van der Waals surface area contributed by atoms with Crippen molar-refractivity contribution in [1.82, 2.24) is 4.90 Å². The van der Waals surface area contributed by atoms with Gasteiger partial charge in [-0.25, -0.2) is 0 Å². The van der Waals surface area contributed by atoms with Crippen molar-refractivity contribution in [2.24, 2.45) is 0 Å². The minimum Gasteiger partial charge on any atom is -0.392 e. The van der Waals surface area contributed by atoms with E-state index in [-0.39, 0.29) is 6.10 Å². The summed E-state index contributed by atoms with van der Waals surface area (Å²) in [5.41, 5.74) is 0. The molecule has 2 atom stereocenters. The lowest BCUT2D eigenvalue weighted by Crippen LogP contribution is -2.26. The molecule has 2 nitrogen and oxygen atoms in total. The second-order valence-corrected chi connectivity index (χ2v) is 5.28. The number of aliphatic hydroxyl groups excluding tert-OH is 1. The van der Waals surface area contributed by atoms with Crippen LogP contribution < -0.4 is 0 Å². The normalized spacial score (nSPS) is 27.4. The van der Waals surface area contributed by atoms with Gasteiger partial charge in [-0.3, -0.25) is 0 Å². The molecule has 1 aliphatic rings. The van der Waals surface area contributed by atoms with E-state index < -0.39 is 0 Å². The molecule has 1 saturated carbocycles. The lowest BCUT2D eigenvalue weighted by atomic mass is 10.3. The van der Waals surface area contributed by atoms with Crippen molar-refractivity contribution in [3.63, 3.8) is 0 Å². The van der Waals surface area contributed by atoms with Crippen LogP contribution in [-0.2, 0) is 0 Å². The average Bonchev–Trinajstić information content (AvgIpc) is 2.59. The maximum absolute atomic E-state index is 9.63. The van der Waals surface area contributed by atoms with Crippen molar-refractivity contribution in [1.29, 1.82) is 0 Å². The van der Waals surface area contributed by atoms with Crippen molar-refractivity contribution in [2.75, 3.05) is 25.4 Å². The second-order valence-electron chi connectivity index (χ2n) is 3.93. The van der Waals surface area contributed by atoms with Crippen LogP contribution in [0, 0.1) is 0 Å². The summed E-state index contributed by atoms with van der Waals surface area (Å²) < 4.78 is 0. The topological polar surface area (TPSA) is 23.5 Å². The van der Waals surface area contributed by atoms with Gasteiger partial charge in [-0.2, -0.15) is 11.8 Å². The van der Waals surface area contributed by atoms with E-state index in [2.05, 4.69) is 18.7 Å². The Labute approximate surface area is 92.1 Å². The molecule has 0 unspecified atom stereocenters. The van der Waals surface area contributed by atoms with E-state index in [9.17, 15) is 5.11 Å². The Morgan fingerprint density at radius 1 is 1.29 bits per heavy atom. The number of nitrogens with zero attached hydrogens (tertiary/aromatic N) is 1. The molecular weight excluding hydrogens is 194 g/mol. The molecule has 0 aromatic rings. The molecule has 84 valence electrons. The number of rotatable bonds is 6. The monoisotopic (exact) mass is 217 g/mol. The summed E-state index contributed by atoms with van der Waals surface area (Å²) >= 11 is 1.96. The molecule has 0 saturated heterocycles. The van der Waals surface area contributed by atoms with Crippen LogP contribution in [-0.4, -0.2) is 46.7 Å². The Hall–Kier alpha value is 0.270. The van der Waals surface area contributed by atoms with Gasteiger partial charge in [0.1, 0.15) is 0 Å². The highest BCUT2D eigenvalue weighted by Crippen LogP contribution is 2.29. The number of thioether (sulfide) groups is 1. The standard InChI is InChI=1S/C11H23NOS/c1-3-12(4-2)8-9-14-11-7-5-6-10(11)13/h10-11,13H,3-9H2,1-2H3/t10-,11-/m1/s1. The lowest BCUT2D eigenvalue weighted by molar-refractivity contribution is 0.188. The van der Waals surface area contributed by atoms with Gasteiger partial charge in [0.15, 0.2) is 0 Å². The highest BCUT2D eigenvalue weighted by atomic mass is 32.2. The molecule has 0 heterocycles. The van der Waals surface area contributed by atoms with Crippen LogP contribution in [0.4, 0.5) is 0 Å². The predicted molar refractivity (Wildman–Crippen MR) is 63.9 cm³/mol. The number of hydrogen-bond donors (Lipinski definition) is 1. The summed E-state index contributed by atoms with van der Waals surface area (Å²) in [6.45, 7) is 7.87. The molecule has 0 amide bonds. The highest BCUT2D eigenvalue weighted by molar-refractivity contribution is 8.00. The smallest absolute Gasteiger partial charge is 0.0658 e. The third-order valence-electron chi connectivity index (χ3n) is 3.05. The van der Waals surface area contributed by atoms with Crippen LogP contribution in [0.3, 0.4) is 0 Å². The zero-order valence-corrected chi connectivity index (χ0v) is 10.2. The first-order valence-electron chi connectivity index (χ1n) is 5.80. The van der Waals surface area contributed by atoms with Crippen molar-refractivity contribution in [3.05, 3.63) is 0 Å². The molecule has 0 bridgehead atoms. The van der Waals surface area contributed by atoms with Gasteiger partial charge in [-0.1, -0.05) is 13.8 Å². The van der Waals surface area contributed by atoms with Gasteiger partial charge in [0.05, 0.1) is 6.10 Å². The molecule has 3 heteroatoms. The third-order valence-corrected chi connectivity index (χ3v) is 4.45. The van der Waals surface area contributed by atoms with Gasteiger partial charge in [0.25, 0.3) is 0 Å². The second kappa shape index (κ2) is 6.70. The number of hydrogen-bond acceptors (Lipinski definition) is 3. The number of aliphatic hydroxyl groups is 1. The molecular formula is C11H23NOS. The summed E-state index contributed by atoms with van der Waals surface area (Å²) in [7, 11) is 0. The van der Waals surface area contributed by atoms with Gasteiger partial charge < -0.3 is 10.0 Å². The molecule has 1 rings (SSSR count). The van der Waals surface area contributed by atoms with Gasteiger partial charge in [-0.15, -0.1) is 0 Å². The Kier molecular flexibility index (Phi) is 5.90. The van der Waals surface area contributed by atoms with E-state index in [1.54, 1.807) is 0 Å². The highest BCUT2D eigenvalue weighted by Gasteiger charge is 2.25. The SMILES string of the molecule is CCN(CC)CCS[C@@H]1CCC[C@H]1O. The van der Waals surface area contributed by atoms with Crippen LogP contribution in [0.2, 0.25) is 0 Å².